The van der Waals surface area contributed by atoms with Crippen LogP contribution in [0.2, 0.25) is 0 Å². The number of phenols is 1. The van der Waals surface area contributed by atoms with Crippen LogP contribution >= 0.6 is 0 Å². The van der Waals surface area contributed by atoms with Crippen LogP contribution in [-0.2, 0) is 11.2 Å². The number of carbonyl (C=O) groups excluding carboxylic acids is 1. The van der Waals surface area contributed by atoms with Crippen molar-refractivity contribution in [2.75, 3.05) is 0 Å². The molecule has 0 saturated carbocycles. The van der Waals surface area contributed by atoms with Gasteiger partial charge in [0.1, 0.15) is 12.0 Å². The van der Waals surface area contributed by atoms with E-state index < -0.39 is 5.60 Å². The quantitative estimate of drug-likeness (QED) is 0.710. The van der Waals surface area contributed by atoms with Gasteiger partial charge in [0.05, 0.1) is 5.60 Å². The molecule has 1 atom stereocenters. The molecule has 2 N–H and O–H groups in total. The lowest BCUT2D eigenvalue weighted by atomic mass is 9.94. The van der Waals surface area contributed by atoms with Gasteiger partial charge in [0.2, 0.25) is 0 Å². The number of aldehydes is 1. The highest BCUT2D eigenvalue weighted by atomic mass is 16.3. The van der Waals surface area contributed by atoms with E-state index in [1.807, 2.05) is 0 Å². The van der Waals surface area contributed by atoms with Crippen LogP contribution in [0.4, 0.5) is 0 Å². The number of aromatic hydroxyl groups is 1. The van der Waals surface area contributed by atoms with Crippen LogP contribution in [0.1, 0.15) is 18.9 Å². The standard InChI is InChI=1S/C11H14O3/c1-11(14,5-6-12)8-9-3-2-4-10(13)7-9/h2-4,6-7,13-14H,5,8H2,1H3. The number of carbonyl (C=O) groups is 1. The third kappa shape index (κ3) is 3.18. The molecule has 0 fully saturated rings. The van der Waals surface area contributed by atoms with Crippen LogP contribution < -0.4 is 0 Å². The van der Waals surface area contributed by atoms with E-state index in [0.29, 0.717) is 12.7 Å². The summed E-state index contributed by atoms with van der Waals surface area (Å²) >= 11 is 0. The summed E-state index contributed by atoms with van der Waals surface area (Å²) < 4.78 is 0. The summed E-state index contributed by atoms with van der Waals surface area (Å²) in [5, 5.41) is 18.9. The minimum absolute atomic E-state index is 0.0999. The molecule has 0 aliphatic heterocycles. The van der Waals surface area contributed by atoms with Crippen molar-refractivity contribution in [3.8, 4) is 5.75 Å². The van der Waals surface area contributed by atoms with Crippen molar-refractivity contribution >= 4 is 6.29 Å². The van der Waals surface area contributed by atoms with Crippen molar-refractivity contribution in [1.82, 2.24) is 0 Å². The molecule has 0 aliphatic rings. The van der Waals surface area contributed by atoms with Gasteiger partial charge < -0.3 is 15.0 Å². The molecule has 0 saturated heterocycles. The molecule has 0 amide bonds. The van der Waals surface area contributed by atoms with E-state index in [2.05, 4.69) is 0 Å². The Balaban J connectivity index is 2.72. The summed E-state index contributed by atoms with van der Waals surface area (Å²) in [6, 6.07) is 6.66. The first-order valence-corrected chi connectivity index (χ1v) is 4.47. The fraction of sp³-hybridized carbons (Fsp3) is 0.364. The van der Waals surface area contributed by atoms with Crippen molar-refractivity contribution in [3.63, 3.8) is 0 Å². The third-order valence-electron chi connectivity index (χ3n) is 2.02. The molecule has 0 heterocycles. The number of rotatable bonds is 4. The van der Waals surface area contributed by atoms with Crippen molar-refractivity contribution in [1.29, 1.82) is 0 Å². The Kier molecular flexibility index (Phi) is 3.25. The zero-order chi connectivity index (χ0) is 10.6. The molecule has 0 radical (unpaired) electrons. The molecule has 3 heteroatoms. The zero-order valence-electron chi connectivity index (χ0n) is 8.10. The first-order chi connectivity index (χ1) is 6.53. The SMILES string of the molecule is CC(O)(CC=O)Cc1cccc(O)c1. The van der Waals surface area contributed by atoms with Gasteiger partial charge in [0.15, 0.2) is 0 Å². The maximum Gasteiger partial charge on any atom is 0.122 e. The van der Waals surface area contributed by atoms with Crippen molar-refractivity contribution < 1.29 is 15.0 Å². The third-order valence-corrected chi connectivity index (χ3v) is 2.02. The molecule has 1 aromatic carbocycles. The van der Waals surface area contributed by atoms with Gasteiger partial charge in [-0.1, -0.05) is 12.1 Å². The molecule has 1 aromatic rings. The summed E-state index contributed by atoms with van der Waals surface area (Å²) in [4.78, 5) is 10.3. The summed E-state index contributed by atoms with van der Waals surface area (Å²) in [5.74, 6) is 0.171. The molecule has 0 bridgehead atoms. The Bertz CT molecular complexity index is 318. The fourth-order valence-corrected chi connectivity index (χ4v) is 1.36. The lowest BCUT2D eigenvalue weighted by molar-refractivity contribution is -0.111. The van der Waals surface area contributed by atoms with Gasteiger partial charge in [0.25, 0.3) is 0 Å². The van der Waals surface area contributed by atoms with Gasteiger partial charge >= 0.3 is 0 Å². The Hall–Kier alpha value is -1.35. The lowest BCUT2D eigenvalue weighted by Gasteiger charge is -2.20. The lowest BCUT2D eigenvalue weighted by Crippen LogP contribution is -2.27. The maximum atomic E-state index is 10.3. The summed E-state index contributed by atoms with van der Waals surface area (Å²) in [6.45, 7) is 1.60. The smallest absolute Gasteiger partial charge is 0.122 e. The normalized spacial score (nSPS) is 14.7. The van der Waals surface area contributed by atoms with Crippen molar-refractivity contribution in [2.45, 2.75) is 25.4 Å². The summed E-state index contributed by atoms with van der Waals surface area (Å²) in [5.41, 5.74) is -0.216. The predicted molar refractivity (Wildman–Crippen MR) is 53.1 cm³/mol. The molecule has 3 nitrogen and oxygen atoms in total. The van der Waals surface area contributed by atoms with Gasteiger partial charge in [-0.05, 0) is 24.6 Å². The van der Waals surface area contributed by atoms with Crippen LogP contribution in [0.5, 0.6) is 5.75 Å². The minimum atomic E-state index is -1.03. The Morgan fingerprint density at radius 2 is 2.21 bits per heavy atom. The Morgan fingerprint density at radius 1 is 1.50 bits per heavy atom. The molecular formula is C11H14O3. The monoisotopic (exact) mass is 194 g/mol. The Labute approximate surface area is 83.0 Å². The van der Waals surface area contributed by atoms with Crippen LogP contribution in [0, 0.1) is 0 Å². The zero-order valence-corrected chi connectivity index (χ0v) is 8.10. The summed E-state index contributed by atoms with van der Waals surface area (Å²) in [7, 11) is 0. The highest BCUT2D eigenvalue weighted by Gasteiger charge is 2.20. The van der Waals surface area contributed by atoms with Crippen LogP contribution in [0.3, 0.4) is 0 Å². The average Bonchev–Trinajstić information content (AvgIpc) is 2.02. The second-order valence-corrected chi connectivity index (χ2v) is 3.71. The van der Waals surface area contributed by atoms with Gasteiger partial charge in [-0.3, -0.25) is 0 Å². The second kappa shape index (κ2) is 4.24. The number of benzene rings is 1. The average molecular weight is 194 g/mol. The van der Waals surface area contributed by atoms with E-state index in [1.54, 1.807) is 31.2 Å². The van der Waals surface area contributed by atoms with Crippen molar-refractivity contribution in [3.05, 3.63) is 29.8 Å². The first kappa shape index (κ1) is 10.7. The molecule has 1 rings (SSSR count). The molecule has 0 aliphatic carbocycles. The largest absolute Gasteiger partial charge is 0.508 e. The minimum Gasteiger partial charge on any atom is -0.508 e. The Morgan fingerprint density at radius 3 is 2.79 bits per heavy atom. The van der Waals surface area contributed by atoms with Crippen LogP contribution in [0.25, 0.3) is 0 Å². The molecule has 14 heavy (non-hydrogen) atoms. The highest BCUT2D eigenvalue weighted by Crippen LogP contribution is 2.18. The summed E-state index contributed by atoms with van der Waals surface area (Å²) in [6.07, 6.45) is 1.16. The maximum absolute atomic E-state index is 10.3. The number of phenolic OH excluding ortho intramolecular Hbond substituents is 1. The second-order valence-electron chi connectivity index (χ2n) is 3.71. The van der Waals surface area contributed by atoms with Crippen molar-refractivity contribution in [2.24, 2.45) is 0 Å². The van der Waals surface area contributed by atoms with Gasteiger partial charge in [-0.25, -0.2) is 0 Å². The molecule has 1 unspecified atom stereocenters. The van der Waals surface area contributed by atoms with E-state index in [-0.39, 0.29) is 12.2 Å². The number of hydrogen-bond donors (Lipinski definition) is 2. The highest BCUT2D eigenvalue weighted by molar-refractivity contribution is 5.51. The van der Waals surface area contributed by atoms with Gasteiger partial charge in [-0.15, -0.1) is 0 Å². The fourth-order valence-electron chi connectivity index (χ4n) is 1.36. The molecule has 76 valence electrons. The van der Waals surface area contributed by atoms with Gasteiger partial charge in [0, 0.05) is 12.8 Å². The van der Waals surface area contributed by atoms with Crippen LogP contribution in [0.15, 0.2) is 24.3 Å². The number of aliphatic hydroxyl groups is 1. The topological polar surface area (TPSA) is 57.5 Å². The van der Waals surface area contributed by atoms with E-state index in [4.69, 9.17) is 0 Å². The van der Waals surface area contributed by atoms with E-state index in [9.17, 15) is 15.0 Å². The van der Waals surface area contributed by atoms with E-state index in [1.165, 1.54) is 0 Å². The molecule has 0 spiro atoms. The van der Waals surface area contributed by atoms with Crippen LogP contribution in [-0.4, -0.2) is 22.1 Å². The van der Waals surface area contributed by atoms with Gasteiger partial charge in [-0.2, -0.15) is 0 Å². The predicted octanol–water partition coefficient (Wildman–Crippen LogP) is 1.27. The molecule has 0 aromatic heterocycles. The van der Waals surface area contributed by atoms with E-state index >= 15 is 0 Å². The van der Waals surface area contributed by atoms with E-state index in [0.717, 1.165) is 5.56 Å². The number of hydrogen-bond acceptors (Lipinski definition) is 3. The first-order valence-electron chi connectivity index (χ1n) is 4.47. The molecular weight excluding hydrogens is 180 g/mol.